The first kappa shape index (κ1) is 22.4. The number of anilines is 5. The van der Waals surface area contributed by atoms with Crippen molar-refractivity contribution in [2.45, 2.75) is 6.54 Å². The molecule has 0 radical (unpaired) electrons. The highest BCUT2D eigenvalue weighted by atomic mass is 35.5. The number of nitrogens with zero attached hydrogens (tertiary/aromatic N) is 1. The standard InChI is InChI=1S/C30H22ClN3OS/c31-25-16-22(32-30(35)24-11-5-4-10-23(24)20-8-2-1-3-9-20)14-15-28(25)34-17-21-18-36-19-27(21)33-26-12-6-7-13-29(26)34/h1-16,18-19,33H,17H2,(H,32,35). The molecule has 36 heavy (non-hydrogen) atoms. The molecule has 4 aromatic carbocycles. The first-order valence-corrected chi connectivity index (χ1v) is 12.9. The normalized spacial score (nSPS) is 12.2. The highest BCUT2D eigenvalue weighted by Crippen LogP contribution is 2.43. The molecule has 4 nitrogen and oxygen atoms in total. The monoisotopic (exact) mass is 507 g/mol. The fraction of sp³-hybridized carbons (Fsp3) is 0.0333. The van der Waals surface area contributed by atoms with Crippen molar-refractivity contribution < 1.29 is 4.79 Å². The average Bonchev–Trinajstić information content (AvgIpc) is 3.28. The van der Waals surface area contributed by atoms with Gasteiger partial charge in [-0.2, -0.15) is 0 Å². The van der Waals surface area contributed by atoms with E-state index in [1.165, 1.54) is 5.56 Å². The second kappa shape index (κ2) is 9.53. The van der Waals surface area contributed by atoms with Gasteiger partial charge in [0.2, 0.25) is 0 Å². The molecule has 0 aliphatic carbocycles. The molecular formula is C30H22ClN3OS. The Bertz CT molecular complexity index is 1560. The maximum absolute atomic E-state index is 13.3. The Morgan fingerprint density at radius 2 is 1.61 bits per heavy atom. The quantitative estimate of drug-likeness (QED) is 0.255. The molecular weight excluding hydrogens is 486 g/mol. The van der Waals surface area contributed by atoms with Crippen LogP contribution in [-0.4, -0.2) is 5.91 Å². The van der Waals surface area contributed by atoms with Gasteiger partial charge >= 0.3 is 0 Å². The SMILES string of the molecule is O=C(Nc1ccc(N2Cc3cscc3Nc3ccccc32)c(Cl)c1)c1ccccc1-c1ccccc1. The van der Waals surface area contributed by atoms with Crippen molar-refractivity contribution >= 4 is 57.3 Å². The van der Waals surface area contributed by atoms with Crippen LogP contribution in [0.5, 0.6) is 0 Å². The number of amides is 1. The number of carbonyl (C=O) groups excluding carboxylic acids is 1. The summed E-state index contributed by atoms with van der Waals surface area (Å²) in [7, 11) is 0. The summed E-state index contributed by atoms with van der Waals surface area (Å²) in [4.78, 5) is 15.5. The molecule has 1 aromatic heterocycles. The van der Waals surface area contributed by atoms with Crippen molar-refractivity contribution in [3.8, 4) is 11.1 Å². The molecule has 0 spiro atoms. The van der Waals surface area contributed by atoms with E-state index in [1.54, 1.807) is 11.3 Å². The predicted octanol–water partition coefficient (Wildman–Crippen LogP) is 8.72. The summed E-state index contributed by atoms with van der Waals surface area (Å²) >= 11 is 8.51. The van der Waals surface area contributed by atoms with Crippen LogP contribution in [-0.2, 0) is 6.54 Å². The summed E-state index contributed by atoms with van der Waals surface area (Å²) in [6.07, 6.45) is 0. The molecule has 2 N–H and O–H groups in total. The highest BCUT2D eigenvalue weighted by molar-refractivity contribution is 7.08. The van der Waals surface area contributed by atoms with Crippen LogP contribution < -0.4 is 15.5 Å². The molecule has 6 rings (SSSR count). The first-order valence-electron chi connectivity index (χ1n) is 11.6. The van der Waals surface area contributed by atoms with Gasteiger partial charge < -0.3 is 15.5 Å². The van der Waals surface area contributed by atoms with E-state index < -0.39 is 0 Å². The fourth-order valence-electron chi connectivity index (χ4n) is 4.54. The number of nitrogens with one attached hydrogen (secondary N) is 2. The zero-order valence-corrected chi connectivity index (χ0v) is 20.8. The van der Waals surface area contributed by atoms with E-state index in [0.717, 1.165) is 33.9 Å². The van der Waals surface area contributed by atoms with Gasteiger partial charge in [-0.3, -0.25) is 4.79 Å². The molecule has 5 aromatic rings. The summed E-state index contributed by atoms with van der Waals surface area (Å²) in [5.41, 5.74) is 8.43. The third kappa shape index (κ3) is 4.24. The van der Waals surface area contributed by atoms with Crippen molar-refractivity contribution in [2.75, 3.05) is 15.5 Å². The molecule has 6 heteroatoms. The molecule has 0 unspecified atom stereocenters. The zero-order chi connectivity index (χ0) is 24.5. The minimum Gasteiger partial charge on any atom is -0.353 e. The first-order chi connectivity index (χ1) is 17.7. The maximum Gasteiger partial charge on any atom is 0.256 e. The fourth-order valence-corrected chi connectivity index (χ4v) is 5.60. The molecule has 1 amide bonds. The van der Waals surface area contributed by atoms with Gasteiger partial charge in [0, 0.05) is 22.2 Å². The van der Waals surface area contributed by atoms with E-state index >= 15 is 0 Å². The molecule has 1 aliphatic rings. The van der Waals surface area contributed by atoms with E-state index in [-0.39, 0.29) is 5.91 Å². The summed E-state index contributed by atoms with van der Waals surface area (Å²) in [6, 6.07) is 31.4. The van der Waals surface area contributed by atoms with E-state index in [9.17, 15) is 4.79 Å². The van der Waals surface area contributed by atoms with Crippen LogP contribution in [0.15, 0.2) is 108 Å². The highest BCUT2D eigenvalue weighted by Gasteiger charge is 2.22. The molecule has 1 aliphatic heterocycles. The Kier molecular flexibility index (Phi) is 5.93. The lowest BCUT2D eigenvalue weighted by Gasteiger charge is -2.26. The second-order valence-electron chi connectivity index (χ2n) is 8.57. The van der Waals surface area contributed by atoms with Crippen LogP contribution >= 0.6 is 22.9 Å². The number of carbonyl (C=O) groups is 1. The van der Waals surface area contributed by atoms with Gasteiger partial charge in [-0.25, -0.2) is 0 Å². The minimum atomic E-state index is -0.175. The van der Waals surface area contributed by atoms with Gasteiger partial charge in [0.25, 0.3) is 5.91 Å². The predicted molar refractivity (Wildman–Crippen MR) is 151 cm³/mol. The van der Waals surface area contributed by atoms with Crippen LogP contribution in [0.25, 0.3) is 11.1 Å². The van der Waals surface area contributed by atoms with Gasteiger partial charge in [-0.1, -0.05) is 72.3 Å². The minimum absolute atomic E-state index is 0.175. The topological polar surface area (TPSA) is 44.4 Å². The molecule has 0 saturated carbocycles. The van der Waals surface area contributed by atoms with E-state index in [4.69, 9.17) is 11.6 Å². The molecule has 0 fully saturated rings. The Morgan fingerprint density at radius 3 is 2.47 bits per heavy atom. The number of thiophene rings is 1. The van der Waals surface area contributed by atoms with Crippen molar-refractivity contribution in [2.24, 2.45) is 0 Å². The van der Waals surface area contributed by atoms with Gasteiger partial charge in [0.15, 0.2) is 0 Å². The zero-order valence-electron chi connectivity index (χ0n) is 19.2. The number of benzene rings is 4. The maximum atomic E-state index is 13.3. The largest absolute Gasteiger partial charge is 0.353 e. The Balaban J connectivity index is 1.30. The van der Waals surface area contributed by atoms with Crippen LogP contribution in [0.2, 0.25) is 5.02 Å². The summed E-state index contributed by atoms with van der Waals surface area (Å²) in [5, 5.41) is 11.4. The number of para-hydroxylation sites is 2. The molecule has 176 valence electrons. The molecule has 2 heterocycles. The van der Waals surface area contributed by atoms with Gasteiger partial charge in [0.1, 0.15) is 0 Å². The summed E-state index contributed by atoms with van der Waals surface area (Å²) in [6.45, 7) is 0.693. The molecule has 0 saturated heterocycles. The van der Waals surface area contributed by atoms with Gasteiger partial charge in [-0.05, 0) is 52.9 Å². The molecule has 0 bridgehead atoms. The van der Waals surface area contributed by atoms with Gasteiger partial charge in [-0.15, -0.1) is 11.3 Å². The Hall–Kier alpha value is -4.06. The van der Waals surface area contributed by atoms with E-state index in [0.29, 0.717) is 22.8 Å². The molecule has 0 atom stereocenters. The number of halogens is 1. The van der Waals surface area contributed by atoms with Crippen molar-refractivity contribution in [3.05, 3.63) is 124 Å². The third-order valence-electron chi connectivity index (χ3n) is 6.29. The van der Waals surface area contributed by atoms with Crippen LogP contribution in [0, 0.1) is 0 Å². The number of hydrogen-bond acceptors (Lipinski definition) is 4. The lowest BCUT2D eigenvalue weighted by molar-refractivity contribution is 0.102. The summed E-state index contributed by atoms with van der Waals surface area (Å²) in [5.74, 6) is -0.175. The number of fused-ring (bicyclic) bond motifs is 2. The Morgan fingerprint density at radius 1 is 0.833 bits per heavy atom. The van der Waals surface area contributed by atoms with Crippen molar-refractivity contribution in [3.63, 3.8) is 0 Å². The third-order valence-corrected chi connectivity index (χ3v) is 7.38. The number of rotatable bonds is 4. The smallest absolute Gasteiger partial charge is 0.256 e. The van der Waals surface area contributed by atoms with Crippen molar-refractivity contribution in [1.29, 1.82) is 0 Å². The van der Waals surface area contributed by atoms with Crippen LogP contribution in [0.3, 0.4) is 0 Å². The lowest BCUT2D eigenvalue weighted by atomic mass is 9.99. The second-order valence-corrected chi connectivity index (χ2v) is 9.72. The van der Waals surface area contributed by atoms with Crippen LogP contribution in [0.1, 0.15) is 15.9 Å². The number of hydrogen-bond donors (Lipinski definition) is 2. The Labute approximate surface area is 218 Å². The van der Waals surface area contributed by atoms with Crippen LogP contribution in [0.4, 0.5) is 28.4 Å². The van der Waals surface area contributed by atoms with Gasteiger partial charge in [0.05, 0.1) is 34.3 Å². The average molecular weight is 508 g/mol. The van der Waals surface area contributed by atoms with E-state index in [1.807, 2.05) is 84.9 Å². The van der Waals surface area contributed by atoms with E-state index in [2.05, 4.69) is 38.4 Å². The van der Waals surface area contributed by atoms with Crippen molar-refractivity contribution in [1.82, 2.24) is 0 Å². The summed E-state index contributed by atoms with van der Waals surface area (Å²) < 4.78 is 0. The lowest BCUT2D eigenvalue weighted by Crippen LogP contribution is -2.16.